The van der Waals surface area contributed by atoms with Crippen molar-refractivity contribution < 1.29 is 0 Å². The van der Waals surface area contributed by atoms with Gasteiger partial charge in [-0.25, -0.2) is 0 Å². The summed E-state index contributed by atoms with van der Waals surface area (Å²) >= 11 is 5.49. The third-order valence-electron chi connectivity index (χ3n) is 0.996. The lowest BCUT2D eigenvalue weighted by Gasteiger charge is -1.87. The number of aryl methyl sites for hydroxylation is 1. The summed E-state index contributed by atoms with van der Waals surface area (Å²) in [6.45, 7) is 0. The zero-order valence-electron chi connectivity index (χ0n) is 4.95. The van der Waals surface area contributed by atoms with Gasteiger partial charge < -0.3 is 0 Å². The molecule has 0 amide bonds. The normalized spacial score (nSPS) is 9.89. The molecule has 0 saturated carbocycles. The lowest BCUT2D eigenvalue weighted by molar-refractivity contribution is 0.880. The van der Waals surface area contributed by atoms with Gasteiger partial charge in [-0.15, -0.1) is 5.10 Å². The molecule has 0 unspecified atom stereocenters. The maximum Gasteiger partial charge on any atom is 0.0755 e. The van der Waals surface area contributed by atoms with Crippen molar-refractivity contribution in [2.24, 2.45) is 0 Å². The summed E-state index contributed by atoms with van der Waals surface area (Å²) < 4.78 is 3.74. The predicted molar refractivity (Wildman–Crippen MR) is 42.1 cm³/mol. The molecule has 0 aliphatic heterocycles. The Morgan fingerprint density at radius 3 is 3.11 bits per heavy atom. The molecule has 1 heterocycles. The lowest BCUT2D eigenvalue weighted by Crippen LogP contribution is -1.85. The van der Waals surface area contributed by atoms with Crippen molar-refractivity contribution in [3.63, 3.8) is 0 Å². The summed E-state index contributed by atoms with van der Waals surface area (Å²) in [5.74, 6) is 0.928. The number of rotatable bonds is 3. The van der Waals surface area contributed by atoms with Crippen LogP contribution >= 0.6 is 24.2 Å². The molecule has 2 nitrogen and oxygen atoms in total. The first-order valence-electron chi connectivity index (χ1n) is 2.80. The standard InChI is InChI=1S/C5H8N2S2/c8-3-1-2-5-4-9-7-6-5/h4,8H,1-3H2. The second-order valence-corrected chi connectivity index (χ2v) is 2.78. The molecule has 0 N–H and O–H groups in total. The molecule has 1 aromatic heterocycles. The van der Waals surface area contributed by atoms with E-state index in [1.165, 1.54) is 11.5 Å². The minimum atomic E-state index is 0.928. The Labute approximate surface area is 63.9 Å². The fraction of sp³-hybridized carbons (Fsp3) is 0.600. The molecule has 0 fully saturated rings. The number of hydrogen-bond donors (Lipinski definition) is 1. The van der Waals surface area contributed by atoms with E-state index < -0.39 is 0 Å². The van der Waals surface area contributed by atoms with E-state index in [1.54, 1.807) is 0 Å². The average molecular weight is 160 g/mol. The highest BCUT2D eigenvalue weighted by molar-refractivity contribution is 7.80. The zero-order valence-corrected chi connectivity index (χ0v) is 6.66. The second-order valence-electron chi connectivity index (χ2n) is 1.72. The second kappa shape index (κ2) is 3.85. The quantitative estimate of drug-likeness (QED) is 0.676. The van der Waals surface area contributed by atoms with Crippen molar-refractivity contribution >= 4 is 24.2 Å². The molecule has 0 aromatic carbocycles. The Kier molecular flexibility index (Phi) is 3.00. The van der Waals surface area contributed by atoms with Gasteiger partial charge in [0.1, 0.15) is 0 Å². The molecule has 0 radical (unpaired) electrons. The molecule has 0 saturated heterocycles. The largest absolute Gasteiger partial charge is 0.179 e. The van der Waals surface area contributed by atoms with Crippen LogP contribution in [0.25, 0.3) is 0 Å². The minimum absolute atomic E-state index is 0.928. The molecule has 0 atom stereocenters. The van der Waals surface area contributed by atoms with E-state index in [-0.39, 0.29) is 0 Å². The molecule has 0 aliphatic carbocycles. The molecule has 1 rings (SSSR count). The Morgan fingerprint density at radius 1 is 1.67 bits per heavy atom. The van der Waals surface area contributed by atoms with Gasteiger partial charge in [-0.2, -0.15) is 12.6 Å². The highest BCUT2D eigenvalue weighted by Crippen LogP contribution is 2.00. The van der Waals surface area contributed by atoms with Crippen LogP contribution in [0.5, 0.6) is 0 Å². The van der Waals surface area contributed by atoms with Crippen LogP contribution in [0.4, 0.5) is 0 Å². The van der Waals surface area contributed by atoms with Gasteiger partial charge in [0.2, 0.25) is 0 Å². The van der Waals surface area contributed by atoms with Gasteiger partial charge in [-0.1, -0.05) is 4.49 Å². The highest BCUT2D eigenvalue weighted by Gasteiger charge is 1.92. The first-order chi connectivity index (χ1) is 4.43. The smallest absolute Gasteiger partial charge is 0.0755 e. The molecule has 0 aliphatic rings. The summed E-state index contributed by atoms with van der Waals surface area (Å²) in [7, 11) is 0. The Morgan fingerprint density at radius 2 is 2.56 bits per heavy atom. The third-order valence-corrected chi connectivity index (χ3v) is 1.87. The van der Waals surface area contributed by atoms with E-state index >= 15 is 0 Å². The average Bonchev–Trinajstić information content (AvgIpc) is 2.34. The van der Waals surface area contributed by atoms with Crippen LogP contribution in [-0.4, -0.2) is 15.3 Å². The van der Waals surface area contributed by atoms with E-state index in [1.807, 2.05) is 5.38 Å². The van der Waals surface area contributed by atoms with Crippen LogP contribution in [0.15, 0.2) is 5.38 Å². The summed E-state index contributed by atoms with van der Waals surface area (Å²) in [5.41, 5.74) is 1.09. The van der Waals surface area contributed by atoms with Gasteiger partial charge in [0.25, 0.3) is 0 Å². The van der Waals surface area contributed by atoms with Crippen LogP contribution in [0.2, 0.25) is 0 Å². The van der Waals surface area contributed by atoms with Crippen LogP contribution in [0.1, 0.15) is 12.1 Å². The van der Waals surface area contributed by atoms with Crippen molar-refractivity contribution in [3.05, 3.63) is 11.1 Å². The van der Waals surface area contributed by atoms with E-state index in [0.29, 0.717) is 0 Å². The molecule has 9 heavy (non-hydrogen) atoms. The maximum absolute atomic E-state index is 4.09. The summed E-state index contributed by atoms with van der Waals surface area (Å²) in [6.07, 6.45) is 2.11. The maximum atomic E-state index is 4.09. The van der Waals surface area contributed by atoms with Gasteiger partial charge in [0, 0.05) is 5.38 Å². The molecular formula is C5H8N2S2. The Bertz CT molecular complexity index is 150. The van der Waals surface area contributed by atoms with Crippen molar-refractivity contribution in [2.45, 2.75) is 12.8 Å². The molecule has 0 spiro atoms. The van der Waals surface area contributed by atoms with E-state index in [4.69, 9.17) is 0 Å². The minimum Gasteiger partial charge on any atom is -0.179 e. The van der Waals surface area contributed by atoms with Crippen LogP contribution in [-0.2, 0) is 6.42 Å². The van der Waals surface area contributed by atoms with Gasteiger partial charge in [0.15, 0.2) is 0 Å². The van der Waals surface area contributed by atoms with Crippen molar-refractivity contribution in [1.82, 2.24) is 9.59 Å². The van der Waals surface area contributed by atoms with Crippen LogP contribution in [0.3, 0.4) is 0 Å². The first-order valence-corrected chi connectivity index (χ1v) is 4.27. The van der Waals surface area contributed by atoms with Crippen molar-refractivity contribution in [2.75, 3.05) is 5.75 Å². The van der Waals surface area contributed by atoms with Gasteiger partial charge in [-0.3, -0.25) is 0 Å². The molecule has 0 bridgehead atoms. The van der Waals surface area contributed by atoms with Crippen LogP contribution < -0.4 is 0 Å². The fourth-order valence-electron chi connectivity index (χ4n) is 0.553. The molecule has 1 aromatic rings. The third kappa shape index (κ3) is 2.32. The molecular weight excluding hydrogens is 152 g/mol. The zero-order chi connectivity index (χ0) is 6.53. The highest BCUT2D eigenvalue weighted by atomic mass is 32.1. The van der Waals surface area contributed by atoms with Gasteiger partial charge >= 0.3 is 0 Å². The number of nitrogens with zero attached hydrogens (tertiary/aromatic N) is 2. The van der Waals surface area contributed by atoms with Crippen LogP contribution in [0, 0.1) is 0 Å². The van der Waals surface area contributed by atoms with E-state index in [0.717, 1.165) is 24.3 Å². The van der Waals surface area contributed by atoms with Crippen molar-refractivity contribution in [3.8, 4) is 0 Å². The number of hydrogen-bond acceptors (Lipinski definition) is 4. The molecule has 50 valence electrons. The Balaban J connectivity index is 2.30. The summed E-state index contributed by atoms with van der Waals surface area (Å²) in [4.78, 5) is 0. The summed E-state index contributed by atoms with van der Waals surface area (Å²) in [5, 5.41) is 5.86. The van der Waals surface area contributed by atoms with Gasteiger partial charge in [-0.05, 0) is 30.1 Å². The molecule has 4 heteroatoms. The van der Waals surface area contributed by atoms with E-state index in [9.17, 15) is 0 Å². The topological polar surface area (TPSA) is 25.8 Å². The van der Waals surface area contributed by atoms with Crippen molar-refractivity contribution in [1.29, 1.82) is 0 Å². The first kappa shape index (κ1) is 7.02. The van der Waals surface area contributed by atoms with Gasteiger partial charge in [0.05, 0.1) is 5.69 Å². The SMILES string of the molecule is SCCCc1csnn1. The summed E-state index contributed by atoms with van der Waals surface area (Å²) in [6, 6.07) is 0. The fourth-order valence-corrected chi connectivity index (χ4v) is 1.20. The number of aromatic nitrogens is 2. The Hall–Kier alpha value is -0.0900. The lowest BCUT2D eigenvalue weighted by atomic mass is 10.3. The monoisotopic (exact) mass is 160 g/mol. The predicted octanol–water partition coefficient (Wildman–Crippen LogP) is 1.40. The van der Waals surface area contributed by atoms with E-state index in [2.05, 4.69) is 22.2 Å². The number of thiol groups is 1.